The van der Waals surface area contributed by atoms with E-state index in [1.165, 1.54) is 16.4 Å². The minimum Gasteiger partial charge on any atom is -0.462 e. The molecule has 0 aliphatic heterocycles. The Morgan fingerprint density at radius 3 is 2.42 bits per heavy atom. The van der Waals surface area contributed by atoms with Crippen LogP contribution in [0.4, 0.5) is 5.69 Å². The van der Waals surface area contributed by atoms with Crippen molar-refractivity contribution in [3.05, 3.63) is 70.1 Å². The molecule has 2 aromatic rings. The van der Waals surface area contributed by atoms with Gasteiger partial charge in [0.15, 0.2) is 0 Å². The van der Waals surface area contributed by atoms with Crippen molar-refractivity contribution in [2.75, 3.05) is 24.0 Å². The molecule has 0 unspecified atom stereocenters. The number of aryl methyl sites for hydroxylation is 1. The lowest BCUT2D eigenvalue weighted by Crippen LogP contribution is -2.32. The van der Waals surface area contributed by atoms with Crippen molar-refractivity contribution in [3.63, 3.8) is 0 Å². The van der Waals surface area contributed by atoms with E-state index in [1.807, 2.05) is 6.92 Å². The van der Waals surface area contributed by atoms with Crippen LogP contribution in [0.3, 0.4) is 0 Å². The Kier molecular flexibility index (Phi) is 8.87. The molecule has 1 atom stereocenters. The van der Waals surface area contributed by atoms with E-state index in [2.05, 4.69) is 10.0 Å². The smallest absolute Gasteiger partial charge is 0.338 e. The maximum Gasteiger partial charge on any atom is 0.338 e. The van der Waals surface area contributed by atoms with E-state index >= 15 is 0 Å². The average Bonchev–Trinajstić information content (AvgIpc) is 2.75. The summed E-state index contributed by atoms with van der Waals surface area (Å²) in [6.07, 6.45) is -0.252. The van der Waals surface area contributed by atoms with E-state index in [1.54, 1.807) is 43.3 Å². The summed E-state index contributed by atoms with van der Waals surface area (Å²) in [5.74, 6) is -0.483. The van der Waals surface area contributed by atoms with Gasteiger partial charge in [0, 0.05) is 11.5 Å². The monoisotopic (exact) mass is 446 g/mol. The zero-order valence-corrected chi connectivity index (χ0v) is 18.3. The third kappa shape index (κ3) is 6.71. The second-order valence-corrected chi connectivity index (χ2v) is 8.73. The fraction of sp³-hybridized carbons (Fsp3) is 0.381. The highest BCUT2D eigenvalue weighted by Crippen LogP contribution is 2.25. The topological polar surface area (TPSA) is 133 Å². The zero-order valence-electron chi connectivity index (χ0n) is 17.5. The molecule has 9 nitrogen and oxygen atoms in total. The summed E-state index contributed by atoms with van der Waals surface area (Å²) >= 11 is 0. The Labute approximate surface area is 181 Å². The summed E-state index contributed by atoms with van der Waals surface area (Å²) in [5, 5.41) is 13.2. The van der Waals surface area contributed by atoms with E-state index in [4.69, 9.17) is 10.3 Å². The second kappa shape index (κ2) is 11.4. The molecule has 166 valence electrons. The third-order valence-electron chi connectivity index (χ3n) is 4.53. The van der Waals surface area contributed by atoms with Crippen LogP contribution < -0.4 is 4.31 Å². The first kappa shape index (κ1) is 24.2. The molecular formula is C21H26N4O5S. The highest BCUT2D eigenvalue weighted by atomic mass is 32.2. The van der Waals surface area contributed by atoms with Gasteiger partial charge in [-0.1, -0.05) is 22.8 Å². The summed E-state index contributed by atoms with van der Waals surface area (Å²) < 4.78 is 32.8. The van der Waals surface area contributed by atoms with Gasteiger partial charge in [-0.2, -0.15) is 0 Å². The molecule has 0 saturated heterocycles. The summed E-state index contributed by atoms with van der Waals surface area (Å²) in [6.45, 7) is 3.84. The van der Waals surface area contributed by atoms with E-state index in [9.17, 15) is 18.3 Å². The lowest BCUT2D eigenvalue weighted by Gasteiger charge is -2.25. The van der Waals surface area contributed by atoms with Gasteiger partial charge >= 0.3 is 5.97 Å². The molecule has 0 saturated carbocycles. The first-order valence-electron chi connectivity index (χ1n) is 9.85. The van der Waals surface area contributed by atoms with Gasteiger partial charge < -0.3 is 9.84 Å². The minimum atomic E-state index is -3.88. The number of anilines is 1. The number of ether oxygens (including phenoxy) is 1. The number of rotatable bonds is 11. The summed E-state index contributed by atoms with van der Waals surface area (Å²) in [6, 6.07) is 12.7. The molecule has 0 radical (unpaired) electrons. The third-order valence-corrected chi connectivity index (χ3v) is 6.37. The van der Waals surface area contributed by atoms with Crippen molar-refractivity contribution >= 4 is 21.7 Å². The molecule has 0 fully saturated rings. The van der Waals surface area contributed by atoms with E-state index in [-0.39, 0.29) is 31.0 Å². The fourth-order valence-electron chi connectivity index (χ4n) is 2.90. The Balaban J connectivity index is 2.30. The Bertz CT molecular complexity index is 1020. The number of hydrogen-bond donors (Lipinski definition) is 1. The predicted molar refractivity (Wildman–Crippen MR) is 117 cm³/mol. The summed E-state index contributed by atoms with van der Waals surface area (Å²) in [7, 11) is -3.88. The van der Waals surface area contributed by atoms with E-state index < -0.39 is 22.1 Å². The minimum absolute atomic E-state index is 0.0740. The number of azide groups is 1. The van der Waals surface area contributed by atoms with Gasteiger partial charge in [-0.15, -0.1) is 0 Å². The van der Waals surface area contributed by atoms with Crippen molar-refractivity contribution < 1.29 is 23.1 Å². The zero-order chi connectivity index (χ0) is 22.9. The Morgan fingerprint density at radius 2 is 1.84 bits per heavy atom. The van der Waals surface area contributed by atoms with Gasteiger partial charge in [0.1, 0.15) is 0 Å². The van der Waals surface area contributed by atoms with Crippen molar-refractivity contribution in [2.45, 2.75) is 37.7 Å². The molecular weight excluding hydrogens is 420 g/mol. The van der Waals surface area contributed by atoms with Crippen LogP contribution in [0.15, 0.2) is 58.5 Å². The highest BCUT2D eigenvalue weighted by Gasteiger charge is 2.25. The lowest BCUT2D eigenvalue weighted by atomic mass is 10.2. The van der Waals surface area contributed by atoms with Gasteiger partial charge in [-0.25, -0.2) is 13.2 Å². The molecule has 2 aromatic carbocycles. The maximum atomic E-state index is 13.3. The van der Waals surface area contributed by atoms with Crippen LogP contribution in [-0.4, -0.2) is 45.3 Å². The van der Waals surface area contributed by atoms with Crippen LogP contribution in [0.1, 0.15) is 35.7 Å². The second-order valence-electron chi connectivity index (χ2n) is 6.87. The van der Waals surface area contributed by atoms with Crippen LogP contribution in [0.5, 0.6) is 0 Å². The summed E-state index contributed by atoms with van der Waals surface area (Å²) in [5.41, 5.74) is 10.00. The molecule has 31 heavy (non-hydrogen) atoms. The van der Waals surface area contributed by atoms with Crippen molar-refractivity contribution in [1.29, 1.82) is 0 Å². The van der Waals surface area contributed by atoms with Gasteiger partial charge in [-0.05, 0) is 68.6 Å². The van der Waals surface area contributed by atoms with Gasteiger partial charge in [0.25, 0.3) is 10.0 Å². The van der Waals surface area contributed by atoms with Crippen LogP contribution in [-0.2, 0) is 14.8 Å². The molecule has 1 N–H and O–H groups in total. The first-order chi connectivity index (χ1) is 14.8. The molecule has 10 heteroatoms. The summed E-state index contributed by atoms with van der Waals surface area (Å²) in [4.78, 5) is 14.6. The van der Waals surface area contributed by atoms with Gasteiger partial charge in [0.2, 0.25) is 0 Å². The first-order valence-corrected chi connectivity index (χ1v) is 11.3. The van der Waals surface area contributed by atoms with Gasteiger partial charge in [-0.3, -0.25) is 4.31 Å². The molecule has 0 amide bonds. The quantitative estimate of drug-likeness (QED) is 0.242. The molecule has 0 bridgehead atoms. The Hall–Kier alpha value is -3.07. The SMILES string of the molecule is CCOC(=O)c1ccc(N(CCC[C@@H](O)CN=[N+]=[N-])S(=O)(=O)c2ccc(C)cc2)cc1. The normalized spacial score (nSPS) is 12.0. The van der Waals surface area contributed by atoms with Crippen LogP contribution in [0.2, 0.25) is 0 Å². The maximum absolute atomic E-state index is 13.3. The van der Waals surface area contributed by atoms with E-state index in [0.29, 0.717) is 17.7 Å². The number of aliphatic hydroxyl groups excluding tert-OH is 1. The highest BCUT2D eigenvalue weighted by molar-refractivity contribution is 7.92. The number of carbonyl (C=O) groups is 1. The predicted octanol–water partition coefficient (Wildman–Crippen LogP) is 3.82. The molecule has 0 aliphatic rings. The molecule has 0 heterocycles. The number of aliphatic hydroxyl groups is 1. The number of carbonyl (C=O) groups excluding carboxylic acids is 1. The van der Waals surface area contributed by atoms with Crippen molar-refractivity contribution in [1.82, 2.24) is 0 Å². The fourth-order valence-corrected chi connectivity index (χ4v) is 4.40. The van der Waals surface area contributed by atoms with Crippen LogP contribution in [0, 0.1) is 6.92 Å². The van der Waals surface area contributed by atoms with Crippen LogP contribution in [0.25, 0.3) is 10.4 Å². The van der Waals surface area contributed by atoms with Crippen LogP contribution >= 0.6 is 0 Å². The average molecular weight is 447 g/mol. The number of sulfonamides is 1. The molecule has 0 aliphatic carbocycles. The van der Waals surface area contributed by atoms with Gasteiger partial charge in [0.05, 0.1) is 35.4 Å². The largest absolute Gasteiger partial charge is 0.462 e. The molecule has 2 rings (SSSR count). The van der Waals surface area contributed by atoms with E-state index in [0.717, 1.165) is 5.56 Å². The standard InChI is InChI=1S/C21H26N4O5S/c1-3-30-21(27)17-8-10-18(11-9-17)25(14-4-5-19(26)15-23-24-22)31(28,29)20-12-6-16(2)7-13-20/h6-13,19,26H,3-5,14-15H2,1-2H3/t19-/m1/s1. The number of nitrogens with zero attached hydrogens (tertiary/aromatic N) is 4. The van der Waals surface area contributed by atoms with Crippen molar-refractivity contribution in [3.8, 4) is 0 Å². The number of hydrogen-bond acceptors (Lipinski definition) is 6. The van der Waals surface area contributed by atoms with Crippen molar-refractivity contribution in [2.24, 2.45) is 5.11 Å². The number of benzene rings is 2. The lowest BCUT2D eigenvalue weighted by molar-refractivity contribution is 0.0526. The number of esters is 1. The molecule has 0 aromatic heterocycles. The Morgan fingerprint density at radius 1 is 1.19 bits per heavy atom. The molecule has 0 spiro atoms.